The third-order valence-electron chi connectivity index (χ3n) is 1.96. The Morgan fingerprint density at radius 1 is 1.50 bits per heavy atom. The number of nitrogens with zero attached hydrogens (tertiary/aromatic N) is 1. The fraction of sp³-hybridized carbons (Fsp3) is 0.100. The maximum Gasteiger partial charge on any atom is 0.308 e. The topological polar surface area (TPSA) is 92.3 Å². The van der Waals surface area contributed by atoms with Crippen LogP contribution in [0.25, 0.3) is 10.9 Å². The van der Waals surface area contributed by atoms with Gasteiger partial charge in [-0.2, -0.15) is 0 Å². The number of aromatic hydroxyl groups is 1. The normalized spacial score (nSPS) is 10.3. The van der Waals surface area contributed by atoms with Crippen molar-refractivity contribution in [3.05, 3.63) is 28.8 Å². The molecule has 82 valence electrons. The highest BCUT2D eigenvalue weighted by Gasteiger charge is 2.09. The Labute approximate surface area is 89.5 Å². The molecule has 0 radical (unpaired) electrons. The van der Waals surface area contributed by atoms with Crippen molar-refractivity contribution in [2.45, 2.75) is 6.92 Å². The van der Waals surface area contributed by atoms with E-state index in [-0.39, 0.29) is 22.4 Å². The fourth-order valence-electron chi connectivity index (χ4n) is 1.36. The van der Waals surface area contributed by atoms with Crippen molar-refractivity contribution < 1.29 is 14.6 Å². The van der Waals surface area contributed by atoms with Crippen molar-refractivity contribution in [3.63, 3.8) is 0 Å². The van der Waals surface area contributed by atoms with Crippen molar-refractivity contribution >= 4 is 16.9 Å². The van der Waals surface area contributed by atoms with E-state index in [0.29, 0.717) is 0 Å². The summed E-state index contributed by atoms with van der Waals surface area (Å²) in [4.78, 5) is 28.3. The van der Waals surface area contributed by atoms with Gasteiger partial charge in [-0.15, -0.1) is 0 Å². The minimum atomic E-state index is -0.529. The first-order chi connectivity index (χ1) is 7.58. The van der Waals surface area contributed by atoms with Crippen LogP contribution in [0.1, 0.15) is 6.92 Å². The average molecular weight is 220 g/mol. The van der Waals surface area contributed by atoms with E-state index in [4.69, 9.17) is 4.74 Å². The van der Waals surface area contributed by atoms with Crippen LogP contribution in [0, 0.1) is 0 Å². The van der Waals surface area contributed by atoms with Crippen LogP contribution in [0.3, 0.4) is 0 Å². The van der Waals surface area contributed by atoms with Crippen molar-refractivity contribution in [3.8, 4) is 11.5 Å². The Hall–Kier alpha value is -2.37. The van der Waals surface area contributed by atoms with Gasteiger partial charge in [0.05, 0.1) is 11.7 Å². The van der Waals surface area contributed by atoms with Crippen molar-refractivity contribution in [2.75, 3.05) is 0 Å². The quantitative estimate of drug-likeness (QED) is 0.541. The molecule has 0 aliphatic carbocycles. The van der Waals surface area contributed by atoms with Gasteiger partial charge in [0.2, 0.25) is 0 Å². The Morgan fingerprint density at radius 2 is 2.25 bits per heavy atom. The maximum atomic E-state index is 11.4. The van der Waals surface area contributed by atoms with Crippen molar-refractivity contribution in [1.29, 1.82) is 0 Å². The number of aromatic nitrogens is 2. The molecule has 0 spiro atoms. The zero-order valence-corrected chi connectivity index (χ0v) is 8.35. The number of benzene rings is 1. The van der Waals surface area contributed by atoms with Crippen LogP contribution in [0.15, 0.2) is 23.3 Å². The molecule has 0 fully saturated rings. The minimum absolute atomic E-state index is 0.107. The molecule has 2 aromatic rings. The predicted octanol–water partition coefficient (Wildman–Crippen LogP) is 0.554. The molecule has 0 saturated carbocycles. The smallest absolute Gasteiger partial charge is 0.308 e. The van der Waals surface area contributed by atoms with E-state index in [9.17, 15) is 14.7 Å². The Morgan fingerprint density at radius 3 is 2.94 bits per heavy atom. The second-order valence-electron chi connectivity index (χ2n) is 3.16. The maximum absolute atomic E-state index is 11.4. The first kappa shape index (κ1) is 10.2. The third kappa shape index (κ3) is 1.72. The number of carbonyl (C=O) groups is 1. The number of rotatable bonds is 1. The highest BCUT2D eigenvalue weighted by molar-refractivity contribution is 5.85. The van der Waals surface area contributed by atoms with Gasteiger partial charge in [0, 0.05) is 13.0 Å². The molecule has 6 nitrogen and oxygen atoms in total. The van der Waals surface area contributed by atoms with Gasteiger partial charge < -0.3 is 14.8 Å². The molecule has 1 aromatic carbocycles. The predicted molar refractivity (Wildman–Crippen MR) is 55.3 cm³/mol. The van der Waals surface area contributed by atoms with E-state index in [1.807, 2.05) is 0 Å². The molecule has 0 bridgehead atoms. The molecule has 1 aromatic heterocycles. The van der Waals surface area contributed by atoms with Gasteiger partial charge in [-0.25, -0.2) is 4.98 Å². The first-order valence-corrected chi connectivity index (χ1v) is 4.47. The summed E-state index contributed by atoms with van der Waals surface area (Å²) in [5, 5.41) is 9.75. The molecule has 0 aliphatic rings. The summed E-state index contributed by atoms with van der Waals surface area (Å²) in [6.07, 6.45) is 1.19. The summed E-state index contributed by atoms with van der Waals surface area (Å²) in [6, 6.07) is 2.58. The van der Waals surface area contributed by atoms with E-state index in [1.54, 1.807) is 0 Å². The standard InChI is InChI=1S/C10H8N2O4/c1-5(13)16-6-2-7-9(8(14)3-6)11-4-12-10(7)15/h2-4,14H,1H3,(H,11,12,15). The SMILES string of the molecule is CC(=O)Oc1cc(O)c2nc[nH]c(=O)c2c1. The molecule has 2 rings (SSSR count). The molecule has 0 saturated heterocycles. The van der Waals surface area contributed by atoms with Gasteiger partial charge in [0.25, 0.3) is 5.56 Å². The largest absolute Gasteiger partial charge is 0.506 e. The fourth-order valence-corrected chi connectivity index (χ4v) is 1.36. The second kappa shape index (κ2) is 3.65. The zero-order chi connectivity index (χ0) is 11.7. The molecule has 0 aliphatic heterocycles. The molecule has 0 unspecified atom stereocenters. The number of fused-ring (bicyclic) bond motifs is 1. The Kier molecular flexibility index (Phi) is 2.32. The number of phenols is 1. The second-order valence-corrected chi connectivity index (χ2v) is 3.16. The van der Waals surface area contributed by atoms with Crippen molar-refractivity contribution in [1.82, 2.24) is 9.97 Å². The van der Waals surface area contributed by atoms with Crippen LogP contribution in [-0.4, -0.2) is 21.0 Å². The molecule has 0 atom stereocenters. The van der Waals surface area contributed by atoms with E-state index in [0.717, 1.165) is 0 Å². The van der Waals surface area contributed by atoms with Gasteiger partial charge in [-0.05, 0) is 6.07 Å². The molecule has 0 amide bonds. The van der Waals surface area contributed by atoms with Gasteiger partial charge in [0.1, 0.15) is 17.0 Å². The highest BCUT2D eigenvalue weighted by Crippen LogP contribution is 2.26. The van der Waals surface area contributed by atoms with E-state index < -0.39 is 11.5 Å². The van der Waals surface area contributed by atoms with Crippen LogP contribution in [0.4, 0.5) is 0 Å². The number of phenolic OH excluding ortho intramolecular Hbond substituents is 1. The highest BCUT2D eigenvalue weighted by atomic mass is 16.5. The average Bonchev–Trinajstić information content (AvgIpc) is 2.19. The number of carbonyl (C=O) groups excluding carboxylic acids is 1. The van der Waals surface area contributed by atoms with Gasteiger partial charge in [0.15, 0.2) is 0 Å². The van der Waals surface area contributed by atoms with Crippen molar-refractivity contribution in [2.24, 2.45) is 0 Å². The van der Waals surface area contributed by atoms with Crippen LogP contribution < -0.4 is 10.3 Å². The summed E-state index contributed by atoms with van der Waals surface area (Å²) in [7, 11) is 0. The monoisotopic (exact) mass is 220 g/mol. The molecular weight excluding hydrogens is 212 g/mol. The van der Waals surface area contributed by atoms with Crippen LogP contribution in [-0.2, 0) is 4.79 Å². The molecule has 2 N–H and O–H groups in total. The summed E-state index contributed by atoms with van der Waals surface area (Å²) < 4.78 is 4.78. The number of ether oxygens (including phenoxy) is 1. The number of esters is 1. The summed E-state index contributed by atoms with van der Waals surface area (Å²) in [5.41, 5.74) is -0.242. The molecule has 6 heteroatoms. The van der Waals surface area contributed by atoms with E-state index in [1.165, 1.54) is 25.4 Å². The molecule has 1 heterocycles. The third-order valence-corrected chi connectivity index (χ3v) is 1.96. The van der Waals surface area contributed by atoms with Gasteiger partial charge in [-0.1, -0.05) is 0 Å². The summed E-state index contributed by atoms with van der Waals surface area (Å²) in [5.74, 6) is -0.630. The molecular formula is C10H8N2O4. The number of aromatic amines is 1. The lowest BCUT2D eigenvalue weighted by Gasteiger charge is -2.04. The lowest BCUT2D eigenvalue weighted by molar-refractivity contribution is -0.131. The van der Waals surface area contributed by atoms with E-state index in [2.05, 4.69) is 9.97 Å². The van der Waals surface area contributed by atoms with Crippen LogP contribution in [0.5, 0.6) is 11.5 Å². The van der Waals surface area contributed by atoms with Gasteiger partial charge >= 0.3 is 5.97 Å². The lowest BCUT2D eigenvalue weighted by Crippen LogP contribution is -2.07. The Bertz CT molecular complexity index is 618. The minimum Gasteiger partial charge on any atom is -0.506 e. The zero-order valence-electron chi connectivity index (χ0n) is 8.35. The first-order valence-electron chi connectivity index (χ1n) is 4.47. The summed E-state index contributed by atoms with van der Waals surface area (Å²) >= 11 is 0. The number of hydrogen-bond acceptors (Lipinski definition) is 5. The van der Waals surface area contributed by atoms with E-state index >= 15 is 0 Å². The van der Waals surface area contributed by atoms with Crippen LogP contribution >= 0.6 is 0 Å². The summed E-state index contributed by atoms with van der Waals surface area (Å²) in [6.45, 7) is 1.23. The van der Waals surface area contributed by atoms with Gasteiger partial charge in [-0.3, -0.25) is 9.59 Å². The number of hydrogen-bond donors (Lipinski definition) is 2. The number of H-pyrrole nitrogens is 1. The number of nitrogens with one attached hydrogen (secondary N) is 1. The Balaban J connectivity index is 2.70. The van der Waals surface area contributed by atoms with Crippen LogP contribution in [0.2, 0.25) is 0 Å². The molecule has 16 heavy (non-hydrogen) atoms. The lowest BCUT2D eigenvalue weighted by atomic mass is 10.2.